The van der Waals surface area contributed by atoms with Crippen LogP contribution in [-0.2, 0) is 11.2 Å². The first-order valence-corrected chi connectivity index (χ1v) is 8.60. The van der Waals surface area contributed by atoms with Crippen LogP contribution in [-0.4, -0.2) is 76.7 Å². The number of β-amino-alcohol motifs (C(OH)–C–C–N with tert-alkyl or cyclic N) is 1. The zero-order valence-corrected chi connectivity index (χ0v) is 15.1. The van der Waals surface area contributed by atoms with Crippen LogP contribution in [0.1, 0.15) is 31.2 Å². The first kappa shape index (κ1) is 18.6. The van der Waals surface area contributed by atoms with Crippen LogP contribution in [0.25, 0.3) is 0 Å². The predicted molar refractivity (Wildman–Crippen MR) is 93.9 cm³/mol. The van der Waals surface area contributed by atoms with Crippen LogP contribution in [0.5, 0.6) is 0 Å². The molecule has 7 heteroatoms. The summed E-state index contributed by atoms with van der Waals surface area (Å²) in [6.45, 7) is 5.61. The summed E-state index contributed by atoms with van der Waals surface area (Å²) in [6.07, 6.45) is 4.05. The second-order valence-corrected chi connectivity index (χ2v) is 6.67. The van der Waals surface area contributed by atoms with E-state index in [-0.39, 0.29) is 11.9 Å². The Bertz CT molecular complexity index is 564. The van der Waals surface area contributed by atoms with Crippen molar-refractivity contribution >= 4 is 11.7 Å². The predicted octanol–water partition coefficient (Wildman–Crippen LogP) is 0.673. The molecule has 0 aliphatic carbocycles. The lowest BCUT2D eigenvalue weighted by atomic mass is 10.0. The lowest BCUT2D eigenvalue weighted by Gasteiger charge is -2.36. The third kappa shape index (κ3) is 4.88. The molecule has 1 amide bonds. The number of carbonyl (C=O) groups is 1. The highest BCUT2D eigenvalue weighted by Crippen LogP contribution is 2.20. The number of anilines is 1. The fourth-order valence-electron chi connectivity index (χ4n) is 2.89. The summed E-state index contributed by atoms with van der Waals surface area (Å²) in [6, 6.07) is -0.0550. The van der Waals surface area contributed by atoms with Gasteiger partial charge in [0.2, 0.25) is 5.91 Å². The van der Waals surface area contributed by atoms with Gasteiger partial charge in [-0.25, -0.2) is 9.97 Å². The number of piperidine rings is 1. The summed E-state index contributed by atoms with van der Waals surface area (Å²) < 4.78 is 0. The lowest BCUT2D eigenvalue weighted by Crippen LogP contribution is -2.52. The Morgan fingerprint density at radius 3 is 2.88 bits per heavy atom. The molecule has 1 fully saturated rings. The maximum Gasteiger partial charge on any atom is 0.236 e. The van der Waals surface area contributed by atoms with Crippen molar-refractivity contribution in [2.24, 2.45) is 0 Å². The largest absolute Gasteiger partial charge is 0.390 e. The number of rotatable bonds is 6. The van der Waals surface area contributed by atoms with Gasteiger partial charge in [-0.2, -0.15) is 0 Å². The van der Waals surface area contributed by atoms with E-state index in [9.17, 15) is 9.90 Å². The number of aliphatic hydroxyl groups excluding tert-OH is 1. The van der Waals surface area contributed by atoms with E-state index in [1.54, 1.807) is 19.0 Å². The number of hydrogen-bond donors (Lipinski definition) is 2. The Hall–Kier alpha value is -1.73. The summed E-state index contributed by atoms with van der Waals surface area (Å²) in [5, 5.41) is 13.9. The van der Waals surface area contributed by atoms with Gasteiger partial charge in [-0.05, 0) is 19.8 Å². The van der Waals surface area contributed by atoms with Crippen molar-refractivity contribution in [3.8, 4) is 0 Å². The number of likely N-dealkylation sites (N-methyl/N-ethyl adjacent to an activating group) is 1. The number of aromatic nitrogens is 2. The maximum atomic E-state index is 11.8. The third-order valence-corrected chi connectivity index (χ3v) is 4.35. The molecule has 1 saturated heterocycles. The molecular weight excluding hydrogens is 306 g/mol. The number of likely N-dealkylation sites (tertiary alicyclic amines) is 1. The molecule has 2 rings (SSSR count). The molecule has 1 aromatic heterocycles. The van der Waals surface area contributed by atoms with Crippen LogP contribution in [0.3, 0.4) is 0 Å². The van der Waals surface area contributed by atoms with Gasteiger partial charge in [0.25, 0.3) is 0 Å². The van der Waals surface area contributed by atoms with Crippen LogP contribution in [0.4, 0.5) is 5.82 Å². The molecular formula is C17H29N5O2. The topological polar surface area (TPSA) is 81.6 Å². The number of amides is 1. The molecule has 24 heavy (non-hydrogen) atoms. The van der Waals surface area contributed by atoms with Crippen molar-refractivity contribution in [2.75, 3.05) is 39.0 Å². The van der Waals surface area contributed by atoms with Gasteiger partial charge in [-0.1, -0.05) is 13.3 Å². The molecule has 7 nitrogen and oxygen atoms in total. The molecule has 1 aliphatic heterocycles. The van der Waals surface area contributed by atoms with Crippen molar-refractivity contribution in [3.63, 3.8) is 0 Å². The lowest BCUT2D eigenvalue weighted by molar-refractivity contribution is -0.130. The minimum absolute atomic E-state index is 0.0550. The smallest absolute Gasteiger partial charge is 0.236 e. The van der Waals surface area contributed by atoms with Gasteiger partial charge in [0.15, 0.2) is 0 Å². The average molecular weight is 335 g/mol. The van der Waals surface area contributed by atoms with Gasteiger partial charge in [0.05, 0.1) is 18.7 Å². The second-order valence-electron chi connectivity index (χ2n) is 6.67. The highest BCUT2D eigenvalue weighted by molar-refractivity contribution is 5.77. The van der Waals surface area contributed by atoms with Crippen LogP contribution in [0, 0.1) is 6.92 Å². The number of aryl methyl sites for hydroxylation is 2. The maximum absolute atomic E-state index is 11.8. The van der Waals surface area contributed by atoms with Crippen molar-refractivity contribution in [1.82, 2.24) is 19.8 Å². The van der Waals surface area contributed by atoms with Crippen LogP contribution < -0.4 is 5.32 Å². The Labute approximate surface area is 144 Å². The van der Waals surface area contributed by atoms with Crippen molar-refractivity contribution in [1.29, 1.82) is 0 Å². The molecule has 0 unspecified atom stereocenters. The Kier molecular flexibility index (Phi) is 6.51. The monoisotopic (exact) mass is 335 g/mol. The van der Waals surface area contributed by atoms with Gasteiger partial charge in [-0.3, -0.25) is 9.69 Å². The molecule has 134 valence electrons. The van der Waals surface area contributed by atoms with Gasteiger partial charge in [0.1, 0.15) is 11.6 Å². The van der Waals surface area contributed by atoms with Crippen molar-refractivity contribution < 1.29 is 9.90 Å². The summed E-state index contributed by atoms with van der Waals surface area (Å²) in [4.78, 5) is 24.2. The van der Waals surface area contributed by atoms with E-state index in [0.29, 0.717) is 13.1 Å². The van der Waals surface area contributed by atoms with E-state index in [2.05, 4.69) is 22.2 Å². The molecule has 2 heterocycles. The van der Waals surface area contributed by atoms with Crippen LogP contribution in [0.15, 0.2) is 6.20 Å². The van der Waals surface area contributed by atoms with Crippen molar-refractivity contribution in [3.05, 3.63) is 17.6 Å². The molecule has 0 saturated carbocycles. The van der Waals surface area contributed by atoms with E-state index >= 15 is 0 Å². The zero-order valence-electron chi connectivity index (χ0n) is 15.1. The SMILES string of the molecule is CCCc1cnc(C)nc1N[C@@H]1CCN(CC(=O)N(C)C)C[C@H]1O. The van der Waals surface area contributed by atoms with Gasteiger partial charge in [-0.15, -0.1) is 0 Å². The molecule has 0 bridgehead atoms. The van der Waals surface area contributed by atoms with E-state index in [0.717, 1.165) is 43.0 Å². The molecule has 1 aromatic rings. The van der Waals surface area contributed by atoms with Crippen LogP contribution >= 0.6 is 0 Å². The molecule has 2 atom stereocenters. The highest BCUT2D eigenvalue weighted by Gasteiger charge is 2.29. The van der Waals surface area contributed by atoms with Crippen molar-refractivity contribution in [2.45, 2.75) is 45.3 Å². The first-order valence-electron chi connectivity index (χ1n) is 8.60. The molecule has 0 radical (unpaired) electrons. The minimum atomic E-state index is -0.529. The number of carbonyl (C=O) groups excluding carboxylic acids is 1. The van der Waals surface area contributed by atoms with E-state index in [4.69, 9.17) is 0 Å². The quantitative estimate of drug-likeness (QED) is 0.795. The normalized spacial score (nSPS) is 21.5. The summed E-state index contributed by atoms with van der Waals surface area (Å²) >= 11 is 0. The second kappa shape index (κ2) is 8.39. The van der Waals surface area contributed by atoms with E-state index < -0.39 is 6.10 Å². The zero-order chi connectivity index (χ0) is 17.7. The first-order chi connectivity index (χ1) is 11.4. The standard InChI is InChI=1S/C17H29N5O2/c1-5-6-13-9-18-12(2)19-17(13)20-14-7-8-22(10-15(14)23)11-16(24)21(3)4/h9,14-15,23H,5-8,10-11H2,1-4H3,(H,18,19,20)/t14-,15-/m1/s1. The highest BCUT2D eigenvalue weighted by atomic mass is 16.3. The van der Waals surface area contributed by atoms with Crippen LogP contribution in [0.2, 0.25) is 0 Å². The Balaban J connectivity index is 1.98. The summed E-state index contributed by atoms with van der Waals surface area (Å²) in [5.74, 6) is 1.61. The van der Waals surface area contributed by atoms with E-state index in [1.165, 1.54) is 0 Å². The number of hydrogen-bond acceptors (Lipinski definition) is 6. The van der Waals surface area contributed by atoms with E-state index in [1.807, 2.05) is 18.0 Å². The Morgan fingerprint density at radius 2 is 2.25 bits per heavy atom. The fourth-order valence-corrected chi connectivity index (χ4v) is 2.89. The molecule has 1 aliphatic rings. The average Bonchev–Trinajstić information content (AvgIpc) is 2.52. The van der Waals surface area contributed by atoms with Gasteiger partial charge < -0.3 is 15.3 Å². The van der Waals surface area contributed by atoms with Gasteiger partial charge in [0, 0.05) is 38.9 Å². The fraction of sp³-hybridized carbons (Fsp3) is 0.706. The number of aliphatic hydroxyl groups is 1. The molecule has 0 spiro atoms. The Morgan fingerprint density at radius 1 is 1.50 bits per heavy atom. The van der Waals surface area contributed by atoms with Gasteiger partial charge >= 0.3 is 0 Å². The third-order valence-electron chi connectivity index (χ3n) is 4.35. The number of nitrogens with one attached hydrogen (secondary N) is 1. The molecule has 2 N–H and O–H groups in total. The molecule has 0 aromatic carbocycles. The summed E-state index contributed by atoms with van der Waals surface area (Å²) in [5.41, 5.74) is 1.08. The minimum Gasteiger partial charge on any atom is -0.390 e. The number of nitrogens with zero attached hydrogens (tertiary/aromatic N) is 4. The summed E-state index contributed by atoms with van der Waals surface area (Å²) in [7, 11) is 3.50.